The van der Waals surface area contributed by atoms with Crippen LogP contribution in [0.2, 0.25) is 10.0 Å². The number of esters is 1. The number of halogens is 2. The number of ether oxygens (including phenoxy) is 3. The summed E-state index contributed by atoms with van der Waals surface area (Å²) in [6, 6.07) is 14.7. The molecule has 0 aromatic heterocycles. The van der Waals surface area contributed by atoms with Crippen molar-refractivity contribution in [3.63, 3.8) is 0 Å². The van der Waals surface area contributed by atoms with Crippen LogP contribution in [-0.4, -0.2) is 44.8 Å². The van der Waals surface area contributed by atoms with Crippen molar-refractivity contribution in [3.05, 3.63) is 86.9 Å². The molecule has 0 bridgehead atoms. The van der Waals surface area contributed by atoms with Crippen molar-refractivity contribution >= 4 is 40.9 Å². The van der Waals surface area contributed by atoms with Gasteiger partial charge in [0.05, 0.1) is 32.9 Å². The molecule has 35 heavy (non-hydrogen) atoms. The van der Waals surface area contributed by atoms with E-state index in [-0.39, 0.29) is 6.03 Å². The number of nitrogens with zero attached hydrogens (tertiary/aromatic N) is 1. The molecule has 1 atom stereocenters. The molecule has 1 heterocycles. The standard InChI is InChI=1S/C26H24Cl2N2O5/c1-33-21-12-15-7-8-30(26(32)29-20-6-4-5-16(11-20)25(31)35-3)24(23(15)22(14-21)34-2)17-9-18(27)13-19(28)10-17/h4-6,9-14,24H,7-8H2,1-3H3,(H,29,32). The molecule has 2 amide bonds. The second-order valence-electron chi connectivity index (χ2n) is 7.95. The van der Waals surface area contributed by atoms with Crippen molar-refractivity contribution in [2.75, 3.05) is 33.2 Å². The van der Waals surface area contributed by atoms with Crippen LogP contribution in [0.25, 0.3) is 0 Å². The van der Waals surface area contributed by atoms with E-state index in [0.29, 0.717) is 45.8 Å². The highest BCUT2D eigenvalue weighted by atomic mass is 35.5. The molecule has 182 valence electrons. The maximum Gasteiger partial charge on any atom is 0.337 e. The molecular formula is C26H24Cl2N2O5. The van der Waals surface area contributed by atoms with Gasteiger partial charge in [-0.15, -0.1) is 0 Å². The molecule has 1 N–H and O–H groups in total. The summed E-state index contributed by atoms with van der Waals surface area (Å²) in [5.74, 6) is 0.768. The molecular weight excluding hydrogens is 491 g/mol. The lowest BCUT2D eigenvalue weighted by Gasteiger charge is -2.38. The summed E-state index contributed by atoms with van der Waals surface area (Å²) in [6.45, 7) is 0.417. The van der Waals surface area contributed by atoms with E-state index in [1.54, 1.807) is 67.7 Å². The normalized spacial score (nSPS) is 14.7. The Labute approximate surface area is 213 Å². The quantitative estimate of drug-likeness (QED) is 0.424. The molecule has 1 aliphatic heterocycles. The van der Waals surface area contributed by atoms with Gasteiger partial charge in [-0.25, -0.2) is 9.59 Å². The predicted octanol–water partition coefficient (Wildman–Crippen LogP) is 5.98. The lowest BCUT2D eigenvalue weighted by molar-refractivity contribution is 0.0600. The van der Waals surface area contributed by atoms with Gasteiger partial charge in [-0.3, -0.25) is 0 Å². The van der Waals surface area contributed by atoms with Crippen molar-refractivity contribution in [1.29, 1.82) is 0 Å². The highest BCUT2D eigenvalue weighted by Gasteiger charge is 2.35. The summed E-state index contributed by atoms with van der Waals surface area (Å²) in [4.78, 5) is 27.2. The lowest BCUT2D eigenvalue weighted by Crippen LogP contribution is -2.43. The molecule has 0 fully saturated rings. The first-order valence-electron chi connectivity index (χ1n) is 10.8. The van der Waals surface area contributed by atoms with Gasteiger partial charge in [0.2, 0.25) is 0 Å². The van der Waals surface area contributed by atoms with E-state index in [1.807, 2.05) is 6.07 Å². The van der Waals surface area contributed by atoms with E-state index in [1.165, 1.54) is 7.11 Å². The minimum atomic E-state index is -0.528. The molecule has 3 aromatic rings. The van der Waals surface area contributed by atoms with Gasteiger partial charge in [0.25, 0.3) is 0 Å². The van der Waals surface area contributed by atoms with E-state index < -0.39 is 12.0 Å². The third-order valence-electron chi connectivity index (χ3n) is 5.86. The zero-order valence-corrected chi connectivity index (χ0v) is 20.9. The van der Waals surface area contributed by atoms with E-state index >= 15 is 0 Å². The summed E-state index contributed by atoms with van der Waals surface area (Å²) in [5.41, 5.74) is 3.37. The summed E-state index contributed by atoms with van der Waals surface area (Å²) in [6.07, 6.45) is 0.587. The Morgan fingerprint density at radius 3 is 2.37 bits per heavy atom. The first kappa shape index (κ1) is 24.7. The summed E-state index contributed by atoms with van der Waals surface area (Å²) in [5, 5.41) is 3.81. The molecule has 7 nitrogen and oxygen atoms in total. The molecule has 4 rings (SSSR count). The van der Waals surface area contributed by atoms with Crippen molar-refractivity contribution in [2.45, 2.75) is 12.5 Å². The fraction of sp³-hybridized carbons (Fsp3) is 0.231. The Hall–Kier alpha value is -3.42. The maximum atomic E-state index is 13.6. The van der Waals surface area contributed by atoms with Crippen LogP contribution in [0.3, 0.4) is 0 Å². The van der Waals surface area contributed by atoms with Gasteiger partial charge in [-0.1, -0.05) is 29.3 Å². The minimum Gasteiger partial charge on any atom is -0.497 e. The molecule has 3 aromatic carbocycles. The number of carbonyl (C=O) groups is 2. The largest absolute Gasteiger partial charge is 0.497 e. The Kier molecular flexibility index (Phi) is 7.38. The highest BCUT2D eigenvalue weighted by Crippen LogP contribution is 2.44. The maximum absolute atomic E-state index is 13.6. The molecule has 0 aliphatic carbocycles. The monoisotopic (exact) mass is 514 g/mol. The minimum absolute atomic E-state index is 0.334. The fourth-order valence-electron chi connectivity index (χ4n) is 4.32. The van der Waals surface area contributed by atoms with Gasteiger partial charge >= 0.3 is 12.0 Å². The second-order valence-corrected chi connectivity index (χ2v) is 8.83. The average molecular weight is 515 g/mol. The first-order valence-corrected chi connectivity index (χ1v) is 11.6. The number of fused-ring (bicyclic) bond motifs is 1. The van der Waals surface area contributed by atoms with Crippen LogP contribution in [0.4, 0.5) is 10.5 Å². The molecule has 1 aliphatic rings. The number of methoxy groups -OCH3 is 3. The number of hydrogen-bond acceptors (Lipinski definition) is 5. The zero-order chi connectivity index (χ0) is 25.1. The number of anilines is 1. The number of urea groups is 1. The zero-order valence-electron chi connectivity index (χ0n) is 19.4. The van der Waals surface area contributed by atoms with E-state index in [9.17, 15) is 9.59 Å². The Balaban J connectivity index is 1.78. The van der Waals surface area contributed by atoms with Gasteiger partial charge in [0, 0.05) is 33.9 Å². The van der Waals surface area contributed by atoms with Crippen molar-refractivity contribution in [1.82, 2.24) is 4.90 Å². The van der Waals surface area contributed by atoms with Crippen LogP contribution in [-0.2, 0) is 11.2 Å². The summed E-state index contributed by atoms with van der Waals surface area (Å²) < 4.78 is 15.9. The van der Waals surface area contributed by atoms with E-state index in [2.05, 4.69) is 5.32 Å². The van der Waals surface area contributed by atoms with Gasteiger partial charge < -0.3 is 24.4 Å². The van der Waals surface area contributed by atoms with Crippen molar-refractivity contribution in [2.24, 2.45) is 0 Å². The van der Waals surface area contributed by atoms with E-state index in [0.717, 1.165) is 16.7 Å². The van der Waals surface area contributed by atoms with Crippen LogP contribution in [0.15, 0.2) is 54.6 Å². The third-order valence-corrected chi connectivity index (χ3v) is 6.30. The number of amides is 2. The Morgan fingerprint density at radius 2 is 1.71 bits per heavy atom. The molecule has 0 saturated heterocycles. The molecule has 1 unspecified atom stereocenters. The second kappa shape index (κ2) is 10.5. The fourth-order valence-corrected chi connectivity index (χ4v) is 4.86. The SMILES string of the molecule is COC(=O)c1cccc(NC(=O)N2CCc3cc(OC)cc(OC)c3C2c2cc(Cl)cc(Cl)c2)c1. The number of hydrogen-bond donors (Lipinski definition) is 1. The molecule has 0 radical (unpaired) electrons. The third kappa shape index (κ3) is 5.16. The average Bonchev–Trinajstić information content (AvgIpc) is 2.86. The Bertz CT molecular complexity index is 1240. The predicted molar refractivity (Wildman–Crippen MR) is 135 cm³/mol. The van der Waals surface area contributed by atoms with E-state index in [4.69, 9.17) is 37.4 Å². The summed E-state index contributed by atoms with van der Waals surface area (Å²) in [7, 11) is 4.48. The molecule has 0 saturated carbocycles. The number of carbonyl (C=O) groups excluding carboxylic acids is 2. The van der Waals surface area contributed by atoms with Crippen LogP contribution < -0.4 is 14.8 Å². The Morgan fingerprint density at radius 1 is 0.971 bits per heavy atom. The highest BCUT2D eigenvalue weighted by molar-refractivity contribution is 6.34. The van der Waals surface area contributed by atoms with Gasteiger partial charge in [-0.05, 0) is 60.0 Å². The number of rotatable bonds is 5. The van der Waals surface area contributed by atoms with Crippen LogP contribution in [0.5, 0.6) is 11.5 Å². The number of benzene rings is 3. The van der Waals surface area contributed by atoms with Gasteiger partial charge in [0.15, 0.2) is 0 Å². The smallest absolute Gasteiger partial charge is 0.337 e. The van der Waals surface area contributed by atoms with Crippen molar-refractivity contribution in [3.8, 4) is 11.5 Å². The van der Waals surface area contributed by atoms with Gasteiger partial charge in [-0.2, -0.15) is 0 Å². The summed E-state index contributed by atoms with van der Waals surface area (Å²) >= 11 is 12.7. The number of nitrogens with one attached hydrogen (secondary N) is 1. The van der Waals surface area contributed by atoms with Crippen LogP contribution in [0, 0.1) is 0 Å². The van der Waals surface area contributed by atoms with Crippen LogP contribution in [0.1, 0.15) is 33.1 Å². The first-order chi connectivity index (χ1) is 16.8. The topological polar surface area (TPSA) is 77.1 Å². The van der Waals surface area contributed by atoms with Gasteiger partial charge in [0.1, 0.15) is 11.5 Å². The lowest BCUT2D eigenvalue weighted by atomic mass is 9.87. The van der Waals surface area contributed by atoms with Crippen molar-refractivity contribution < 1.29 is 23.8 Å². The molecule has 0 spiro atoms. The van der Waals surface area contributed by atoms with Crippen LogP contribution >= 0.6 is 23.2 Å². The molecule has 9 heteroatoms.